The van der Waals surface area contributed by atoms with Gasteiger partial charge in [-0.3, -0.25) is 0 Å². The maximum absolute atomic E-state index is 14.5. The fraction of sp³-hybridized carbons (Fsp3) is 0.500. The van der Waals surface area contributed by atoms with Crippen LogP contribution in [-0.4, -0.2) is 31.9 Å². The van der Waals surface area contributed by atoms with Crippen LogP contribution in [0.3, 0.4) is 0 Å². The van der Waals surface area contributed by atoms with Gasteiger partial charge in [0, 0.05) is 0 Å². The number of ether oxygens (including phenoxy) is 1. The van der Waals surface area contributed by atoms with Gasteiger partial charge in [-0.25, -0.2) is 4.39 Å². The predicted octanol–water partition coefficient (Wildman–Crippen LogP) is 3.67. The van der Waals surface area contributed by atoms with Crippen molar-refractivity contribution in [2.45, 2.75) is 50.5 Å². The van der Waals surface area contributed by atoms with Crippen molar-refractivity contribution >= 4 is 0 Å². The highest BCUT2D eigenvalue weighted by atomic mass is 19.1. The summed E-state index contributed by atoms with van der Waals surface area (Å²) in [5, 5.41) is 12.0. The molecule has 28 heavy (non-hydrogen) atoms. The highest BCUT2D eigenvalue weighted by Crippen LogP contribution is 2.41. The van der Waals surface area contributed by atoms with Crippen LogP contribution in [-0.2, 0) is 5.60 Å². The number of hydrogen-bond acceptors (Lipinski definition) is 2. The summed E-state index contributed by atoms with van der Waals surface area (Å²) in [6.07, 6.45) is 5.18. The van der Waals surface area contributed by atoms with Crippen LogP contribution in [0.2, 0.25) is 0 Å². The van der Waals surface area contributed by atoms with E-state index in [1.807, 2.05) is 24.3 Å². The van der Waals surface area contributed by atoms with E-state index in [1.165, 1.54) is 37.3 Å². The van der Waals surface area contributed by atoms with Gasteiger partial charge in [0.15, 0.2) is 11.6 Å². The summed E-state index contributed by atoms with van der Waals surface area (Å²) >= 11 is 0. The van der Waals surface area contributed by atoms with E-state index in [0.717, 1.165) is 31.6 Å². The molecule has 0 aromatic heterocycles. The van der Waals surface area contributed by atoms with Crippen molar-refractivity contribution in [1.29, 1.82) is 0 Å². The number of nitrogens with one attached hydrogen (secondary N) is 1. The highest BCUT2D eigenvalue weighted by molar-refractivity contribution is 5.36. The topological polar surface area (TPSA) is 33.9 Å². The van der Waals surface area contributed by atoms with E-state index < -0.39 is 11.4 Å². The molecule has 4 heteroatoms. The third-order valence-corrected chi connectivity index (χ3v) is 6.11. The number of aliphatic hydroxyl groups is 1. The first-order valence-corrected chi connectivity index (χ1v) is 10.5. The van der Waals surface area contributed by atoms with Crippen LogP contribution in [0.1, 0.15) is 56.1 Å². The number of piperidine rings is 1. The normalized spacial score (nSPS) is 18.4. The van der Waals surface area contributed by atoms with Crippen LogP contribution in [0.15, 0.2) is 48.5 Å². The Morgan fingerprint density at radius 3 is 2.43 bits per heavy atom. The lowest BCUT2D eigenvalue weighted by molar-refractivity contribution is -0.907. The van der Waals surface area contributed by atoms with E-state index in [4.69, 9.17) is 4.74 Å². The summed E-state index contributed by atoms with van der Waals surface area (Å²) in [5.41, 5.74) is 0.638. The minimum absolute atomic E-state index is 0.0884. The van der Waals surface area contributed by atoms with Crippen molar-refractivity contribution in [3.63, 3.8) is 0 Å². The molecule has 1 aliphatic heterocycles. The lowest BCUT2D eigenvalue weighted by atomic mass is 9.74. The molecule has 1 aliphatic rings. The smallest absolute Gasteiger partial charge is 0.165 e. The Bertz CT molecular complexity index is 746. The van der Waals surface area contributed by atoms with Gasteiger partial charge in [0.2, 0.25) is 0 Å². The molecular weight excluding hydrogens is 353 g/mol. The van der Waals surface area contributed by atoms with Crippen LogP contribution >= 0.6 is 0 Å². The van der Waals surface area contributed by atoms with E-state index in [0.29, 0.717) is 12.0 Å². The first kappa shape index (κ1) is 20.8. The minimum atomic E-state index is -1.12. The number of benzene rings is 2. The highest BCUT2D eigenvalue weighted by Gasteiger charge is 2.41. The summed E-state index contributed by atoms with van der Waals surface area (Å²) in [4.78, 5) is 1.53. The molecule has 0 aliphatic carbocycles. The summed E-state index contributed by atoms with van der Waals surface area (Å²) in [6, 6.07) is 15.1. The predicted molar refractivity (Wildman–Crippen MR) is 110 cm³/mol. The maximum Gasteiger partial charge on any atom is 0.165 e. The van der Waals surface area contributed by atoms with Crippen molar-refractivity contribution in [3.8, 4) is 5.75 Å². The van der Waals surface area contributed by atoms with Crippen molar-refractivity contribution < 1.29 is 19.1 Å². The van der Waals surface area contributed by atoms with E-state index >= 15 is 0 Å². The van der Waals surface area contributed by atoms with Gasteiger partial charge in [0.1, 0.15) is 5.60 Å². The molecule has 1 fully saturated rings. The zero-order valence-electron chi connectivity index (χ0n) is 17.1. The molecule has 3 nitrogen and oxygen atoms in total. The zero-order valence-corrected chi connectivity index (χ0v) is 17.1. The summed E-state index contributed by atoms with van der Waals surface area (Å²) in [5.74, 6) is -0.304. The molecule has 2 aromatic rings. The molecular formula is C24H33FNO2+. The summed E-state index contributed by atoms with van der Waals surface area (Å²) in [6.45, 7) is 5.21. The van der Waals surface area contributed by atoms with Crippen LogP contribution in [0.4, 0.5) is 4.39 Å². The molecule has 152 valence electrons. The second kappa shape index (κ2) is 9.53. The number of methoxy groups -OCH3 is 1. The molecule has 2 atom stereocenters. The van der Waals surface area contributed by atoms with Gasteiger partial charge in [0.05, 0.1) is 32.7 Å². The number of halogens is 1. The first-order valence-electron chi connectivity index (χ1n) is 10.5. The van der Waals surface area contributed by atoms with Gasteiger partial charge in [-0.15, -0.1) is 0 Å². The van der Waals surface area contributed by atoms with Crippen molar-refractivity contribution in [3.05, 3.63) is 65.5 Å². The Balaban J connectivity index is 2.02. The molecule has 1 saturated heterocycles. The number of rotatable bonds is 8. The molecule has 1 heterocycles. The molecule has 0 spiro atoms. The van der Waals surface area contributed by atoms with Gasteiger partial charge in [0.25, 0.3) is 0 Å². The fourth-order valence-electron chi connectivity index (χ4n) is 4.63. The third kappa shape index (κ3) is 4.56. The molecule has 0 amide bonds. The second-order valence-corrected chi connectivity index (χ2v) is 8.00. The quantitative estimate of drug-likeness (QED) is 0.726. The van der Waals surface area contributed by atoms with Gasteiger partial charge in [-0.2, -0.15) is 0 Å². The number of likely N-dealkylation sites (tertiary alicyclic amines) is 1. The molecule has 2 unspecified atom stereocenters. The standard InChI is InChI=1S/C24H32FNO2/c1-3-14-24(27,20-12-13-23(28-2)22(25)17-20)21(19-10-6-4-7-11-19)18-26-15-8-5-9-16-26/h4,6-7,10-13,17,21,27H,3,5,8-9,14-16,18H2,1-2H3/p+1. The summed E-state index contributed by atoms with van der Waals surface area (Å²) < 4.78 is 19.6. The van der Waals surface area contributed by atoms with Gasteiger partial charge in [-0.05, 0) is 48.9 Å². The molecule has 0 bridgehead atoms. The largest absolute Gasteiger partial charge is 0.494 e. The van der Waals surface area contributed by atoms with E-state index in [-0.39, 0.29) is 11.7 Å². The fourth-order valence-corrected chi connectivity index (χ4v) is 4.63. The first-order chi connectivity index (χ1) is 13.6. The molecule has 3 rings (SSSR count). The molecule has 2 aromatic carbocycles. The Kier molecular flexibility index (Phi) is 7.08. The van der Waals surface area contributed by atoms with E-state index in [1.54, 1.807) is 6.07 Å². The van der Waals surface area contributed by atoms with Crippen molar-refractivity contribution in [2.24, 2.45) is 0 Å². The van der Waals surface area contributed by atoms with Crippen LogP contribution in [0.5, 0.6) is 5.75 Å². The van der Waals surface area contributed by atoms with Crippen LogP contribution in [0.25, 0.3) is 0 Å². The SMILES string of the molecule is CCCC(O)(c1ccc(OC)c(F)c1)C(C[NH+]1CCCCC1)c1ccccc1. The average Bonchev–Trinajstić information content (AvgIpc) is 2.73. The van der Waals surface area contributed by atoms with Crippen LogP contribution < -0.4 is 9.64 Å². The second-order valence-electron chi connectivity index (χ2n) is 8.00. The van der Waals surface area contributed by atoms with Gasteiger partial charge in [-0.1, -0.05) is 49.7 Å². The lowest BCUT2D eigenvalue weighted by Gasteiger charge is -2.39. The average molecular weight is 387 g/mol. The van der Waals surface area contributed by atoms with Gasteiger partial charge >= 0.3 is 0 Å². The number of quaternary nitrogens is 1. The van der Waals surface area contributed by atoms with E-state index in [2.05, 4.69) is 19.1 Å². The molecule has 0 radical (unpaired) electrons. The molecule has 0 saturated carbocycles. The Labute approximate surface area is 168 Å². The van der Waals surface area contributed by atoms with Gasteiger partial charge < -0.3 is 14.7 Å². The molecule has 2 N–H and O–H groups in total. The van der Waals surface area contributed by atoms with Crippen LogP contribution in [0, 0.1) is 5.82 Å². The Morgan fingerprint density at radius 2 is 1.82 bits per heavy atom. The maximum atomic E-state index is 14.5. The van der Waals surface area contributed by atoms with Crippen molar-refractivity contribution in [1.82, 2.24) is 0 Å². The third-order valence-electron chi connectivity index (χ3n) is 6.11. The summed E-state index contributed by atoms with van der Waals surface area (Å²) in [7, 11) is 1.46. The van der Waals surface area contributed by atoms with Crippen molar-refractivity contribution in [2.75, 3.05) is 26.7 Å². The Morgan fingerprint density at radius 1 is 1.11 bits per heavy atom. The van der Waals surface area contributed by atoms with E-state index in [9.17, 15) is 9.50 Å². The Hall–Kier alpha value is -1.91. The lowest BCUT2D eigenvalue weighted by Crippen LogP contribution is -3.13. The minimum Gasteiger partial charge on any atom is -0.494 e. The monoisotopic (exact) mass is 386 g/mol. The zero-order chi connectivity index (χ0) is 20.0. The number of hydrogen-bond donors (Lipinski definition) is 2.